The predicted molar refractivity (Wildman–Crippen MR) is 75.1 cm³/mol. The first-order valence-electron chi connectivity index (χ1n) is 6.28. The molecule has 0 radical (unpaired) electrons. The highest BCUT2D eigenvalue weighted by Crippen LogP contribution is 2.10. The summed E-state index contributed by atoms with van der Waals surface area (Å²) in [6, 6.07) is 4.31. The third kappa shape index (κ3) is 5.68. The largest absolute Gasteiger partial charge is 0.350 e. The van der Waals surface area contributed by atoms with Gasteiger partial charge in [-0.3, -0.25) is 4.79 Å². The Morgan fingerprint density at radius 2 is 2.12 bits per heavy atom. The smallest absolute Gasteiger partial charge is 0.244 e. The summed E-state index contributed by atoms with van der Waals surface area (Å²) in [4.78, 5) is 12.8. The number of rotatable bonds is 7. The van der Waals surface area contributed by atoms with E-state index < -0.39 is 0 Å². The molecule has 0 aliphatic heterocycles. The van der Waals surface area contributed by atoms with E-state index in [1.54, 1.807) is 17.4 Å². The van der Waals surface area contributed by atoms with E-state index in [0.29, 0.717) is 6.04 Å². The van der Waals surface area contributed by atoms with E-state index in [2.05, 4.69) is 19.2 Å². The Hall–Kier alpha value is -1.09. The van der Waals surface area contributed by atoms with Crippen molar-refractivity contribution in [3.63, 3.8) is 0 Å². The maximum Gasteiger partial charge on any atom is 0.244 e. The highest BCUT2D eigenvalue weighted by atomic mass is 32.1. The lowest BCUT2D eigenvalue weighted by Gasteiger charge is -2.15. The van der Waals surface area contributed by atoms with Crippen molar-refractivity contribution in [3.05, 3.63) is 28.5 Å². The Kier molecular flexibility index (Phi) is 6.63. The highest BCUT2D eigenvalue weighted by molar-refractivity contribution is 7.10. The Balaban J connectivity index is 2.41. The molecule has 0 aliphatic carbocycles. The standard InChI is InChI=1S/C14H21NOS/c1-3-6-12(7-4-2)15-14(16)10-9-13-8-5-11-17-13/h5,8-12H,3-4,6-7H2,1-2H3,(H,15,16). The maximum absolute atomic E-state index is 11.7. The van der Waals surface area contributed by atoms with Gasteiger partial charge in [0.2, 0.25) is 5.91 Å². The molecule has 0 fully saturated rings. The van der Waals surface area contributed by atoms with E-state index in [0.717, 1.165) is 30.6 Å². The van der Waals surface area contributed by atoms with Gasteiger partial charge in [-0.1, -0.05) is 32.8 Å². The predicted octanol–water partition coefficient (Wildman–Crippen LogP) is 3.85. The molecule has 0 aliphatic rings. The first kappa shape index (κ1) is 14.0. The van der Waals surface area contributed by atoms with Crippen molar-refractivity contribution in [2.45, 2.75) is 45.6 Å². The molecule has 17 heavy (non-hydrogen) atoms. The minimum absolute atomic E-state index is 0.0188. The Morgan fingerprint density at radius 3 is 2.65 bits per heavy atom. The monoisotopic (exact) mass is 251 g/mol. The van der Waals surface area contributed by atoms with Crippen LogP contribution in [-0.4, -0.2) is 11.9 Å². The summed E-state index contributed by atoms with van der Waals surface area (Å²) < 4.78 is 0. The van der Waals surface area contributed by atoms with Crippen molar-refractivity contribution >= 4 is 23.3 Å². The number of hydrogen-bond donors (Lipinski definition) is 1. The summed E-state index contributed by atoms with van der Waals surface area (Å²) in [7, 11) is 0. The lowest BCUT2D eigenvalue weighted by molar-refractivity contribution is -0.117. The van der Waals surface area contributed by atoms with Crippen molar-refractivity contribution in [3.8, 4) is 0 Å². The van der Waals surface area contributed by atoms with Gasteiger partial charge in [0.15, 0.2) is 0 Å². The van der Waals surface area contributed by atoms with Crippen LogP contribution >= 0.6 is 11.3 Å². The Labute approximate surface area is 108 Å². The second-order valence-electron chi connectivity index (χ2n) is 4.13. The van der Waals surface area contributed by atoms with Gasteiger partial charge in [0.05, 0.1) is 0 Å². The lowest BCUT2D eigenvalue weighted by Crippen LogP contribution is -2.33. The molecule has 94 valence electrons. The van der Waals surface area contributed by atoms with Gasteiger partial charge in [-0.25, -0.2) is 0 Å². The van der Waals surface area contributed by atoms with Gasteiger partial charge < -0.3 is 5.32 Å². The van der Waals surface area contributed by atoms with Crippen molar-refractivity contribution in [1.29, 1.82) is 0 Å². The molecule has 0 saturated carbocycles. The number of thiophene rings is 1. The average molecular weight is 251 g/mol. The van der Waals surface area contributed by atoms with Crippen LogP contribution in [0, 0.1) is 0 Å². The third-order valence-electron chi connectivity index (χ3n) is 2.56. The minimum atomic E-state index is 0.0188. The van der Waals surface area contributed by atoms with Gasteiger partial charge in [0.1, 0.15) is 0 Å². The van der Waals surface area contributed by atoms with Crippen molar-refractivity contribution in [2.24, 2.45) is 0 Å². The molecule has 0 saturated heterocycles. The molecule has 1 N–H and O–H groups in total. The normalized spacial score (nSPS) is 11.2. The molecule has 1 heterocycles. The molecule has 0 aromatic carbocycles. The molecule has 1 aromatic heterocycles. The van der Waals surface area contributed by atoms with E-state index in [1.165, 1.54) is 0 Å². The minimum Gasteiger partial charge on any atom is -0.350 e. The molecular formula is C14H21NOS. The van der Waals surface area contributed by atoms with Crippen LogP contribution in [0.25, 0.3) is 6.08 Å². The zero-order chi connectivity index (χ0) is 12.5. The molecule has 2 nitrogen and oxygen atoms in total. The molecule has 0 atom stereocenters. The number of amides is 1. The Morgan fingerprint density at radius 1 is 1.41 bits per heavy atom. The summed E-state index contributed by atoms with van der Waals surface area (Å²) in [6.45, 7) is 4.30. The van der Waals surface area contributed by atoms with Gasteiger partial charge in [0.25, 0.3) is 0 Å². The van der Waals surface area contributed by atoms with Crippen molar-refractivity contribution in [2.75, 3.05) is 0 Å². The van der Waals surface area contributed by atoms with Crippen LogP contribution in [0.3, 0.4) is 0 Å². The lowest BCUT2D eigenvalue weighted by atomic mass is 10.1. The summed E-state index contributed by atoms with van der Waals surface area (Å²) in [5, 5.41) is 5.07. The summed E-state index contributed by atoms with van der Waals surface area (Å²) in [5.41, 5.74) is 0. The van der Waals surface area contributed by atoms with Crippen LogP contribution in [0.2, 0.25) is 0 Å². The molecule has 0 unspecified atom stereocenters. The van der Waals surface area contributed by atoms with E-state index in [-0.39, 0.29) is 5.91 Å². The molecular weight excluding hydrogens is 230 g/mol. The van der Waals surface area contributed by atoms with Gasteiger partial charge >= 0.3 is 0 Å². The molecule has 0 bridgehead atoms. The Bertz CT molecular complexity index is 337. The fraction of sp³-hybridized carbons (Fsp3) is 0.500. The SMILES string of the molecule is CCCC(CCC)NC(=O)C=Cc1cccs1. The second-order valence-corrected chi connectivity index (χ2v) is 5.11. The van der Waals surface area contributed by atoms with Gasteiger partial charge in [0, 0.05) is 17.0 Å². The summed E-state index contributed by atoms with van der Waals surface area (Å²) in [6.07, 6.45) is 7.84. The van der Waals surface area contributed by atoms with Crippen LogP contribution < -0.4 is 5.32 Å². The second kappa shape index (κ2) is 8.07. The number of carbonyl (C=O) groups is 1. The van der Waals surface area contributed by atoms with Crippen molar-refractivity contribution in [1.82, 2.24) is 5.32 Å². The van der Waals surface area contributed by atoms with Crippen LogP contribution in [0.15, 0.2) is 23.6 Å². The highest BCUT2D eigenvalue weighted by Gasteiger charge is 2.07. The van der Waals surface area contributed by atoms with Crippen LogP contribution in [-0.2, 0) is 4.79 Å². The quantitative estimate of drug-likeness (QED) is 0.733. The first-order valence-corrected chi connectivity index (χ1v) is 7.16. The molecule has 0 spiro atoms. The van der Waals surface area contributed by atoms with E-state index in [1.807, 2.05) is 23.6 Å². The average Bonchev–Trinajstić information content (AvgIpc) is 2.80. The molecule has 1 amide bonds. The third-order valence-corrected chi connectivity index (χ3v) is 3.40. The summed E-state index contributed by atoms with van der Waals surface area (Å²) in [5.74, 6) is 0.0188. The van der Waals surface area contributed by atoms with Crippen LogP contribution in [0.5, 0.6) is 0 Å². The zero-order valence-electron chi connectivity index (χ0n) is 10.6. The van der Waals surface area contributed by atoms with Gasteiger partial charge in [-0.2, -0.15) is 0 Å². The zero-order valence-corrected chi connectivity index (χ0v) is 11.4. The number of hydrogen-bond acceptors (Lipinski definition) is 2. The summed E-state index contributed by atoms with van der Waals surface area (Å²) >= 11 is 1.64. The van der Waals surface area contributed by atoms with Crippen LogP contribution in [0.1, 0.15) is 44.4 Å². The topological polar surface area (TPSA) is 29.1 Å². The number of carbonyl (C=O) groups excluding carboxylic acids is 1. The molecule has 3 heteroatoms. The van der Waals surface area contributed by atoms with E-state index >= 15 is 0 Å². The fourth-order valence-electron chi connectivity index (χ4n) is 1.78. The fourth-order valence-corrected chi connectivity index (χ4v) is 2.40. The van der Waals surface area contributed by atoms with Crippen molar-refractivity contribution < 1.29 is 4.79 Å². The van der Waals surface area contributed by atoms with Gasteiger partial charge in [-0.05, 0) is 30.4 Å². The van der Waals surface area contributed by atoms with E-state index in [4.69, 9.17) is 0 Å². The van der Waals surface area contributed by atoms with E-state index in [9.17, 15) is 4.79 Å². The molecule has 1 aromatic rings. The van der Waals surface area contributed by atoms with Gasteiger partial charge in [-0.15, -0.1) is 11.3 Å². The molecule has 1 rings (SSSR count). The maximum atomic E-state index is 11.7. The number of nitrogens with one attached hydrogen (secondary N) is 1. The first-order chi connectivity index (χ1) is 8.26. The van der Waals surface area contributed by atoms with Crippen LogP contribution in [0.4, 0.5) is 0 Å².